The smallest absolute Gasteiger partial charge is 0.269 e. The molecule has 0 saturated heterocycles. The van der Waals surface area contributed by atoms with Crippen molar-refractivity contribution in [3.63, 3.8) is 0 Å². The lowest BCUT2D eigenvalue weighted by Crippen LogP contribution is -2.32. The molecule has 3 aromatic carbocycles. The fraction of sp³-hybridized carbons (Fsp3) is 0.0476. The van der Waals surface area contributed by atoms with Gasteiger partial charge in [0.2, 0.25) is 5.88 Å². The number of nitrogens with zero attached hydrogens (tertiary/aromatic N) is 1. The van der Waals surface area contributed by atoms with Crippen LogP contribution < -0.4 is 10.1 Å². The third-order valence-electron chi connectivity index (χ3n) is 4.64. The van der Waals surface area contributed by atoms with Gasteiger partial charge in [-0.2, -0.15) is 0 Å². The van der Waals surface area contributed by atoms with Crippen LogP contribution in [0.5, 0.6) is 5.75 Å². The Kier molecular flexibility index (Phi) is 4.33. The molecule has 7 nitrogen and oxygen atoms in total. The molecule has 0 bridgehead atoms. The van der Waals surface area contributed by atoms with Crippen LogP contribution in [0.25, 0.3) is 10.8 Å². The molecule has 1 atom stereocenters. The van der Waals surface area contributed by atoms with E-state index in [1.54, 1.807) is 18.2 Å². The Balaban J connectivity index is 1.98. The first-order chi connectivity index (χ1) is 13.6. The van der Waals surface area contributed by atoms with Crippen molar-refractivity contribution in [3.05, 3.63) is 93.4 Å². The number of fused-ring (bicyclic) bond motifs is 3. The van der Waals surface area contributed by atoms with E-state index < -0.39 is 11.0 Å². The number of benzene rings is 3. The Morgan fingerprint density at radius 1 is 1.04 bits per heavy atom. The molecule has 0 aromatic heterocycles. The molecule has 1 aliphatic heterocycles. The molecule has 0 aliphatic carbocycles. The number of nitrogens with one attached hydrogen (secondary N) is 1. The summed E-state index contributed by atoms with van der Waals surface area (Å²) >= 11 is 0. The first-order valence-corrected chi connectivity index (χ1v) is 8.47. The van der Waals surface area contributed by atoms with E-state index >= 15 is 0 Å². The van der Waals surface area contributed by atoms with Crippen molar-refractivity contribution in [3.8, 4) is 5.75 Å². The number of nitro benzene ring substituents is 1. The van der Waals surface area contributed by atoms with Crippen LogP contribution in [0.1, 0.15) is 17.2 Å². The van der Waals surface area contributed by atoms with Crippen LogP contribution in [0.4, 0.5) is 5.69 Å². The van der Waals surface area contributed by atoms with Crippen LogP contribution in [-0.4, -0.2) is 17.5 Å². The van der Waals surface area contributed by atoms with E-state index in [0.717, 1.165) is 16.3 Å². The summed E-state index contributed by atoms with van der Waals surface area (Å²) in [4.78, 5) is 33.2. The normalized spacial score (nSPS) is 15.1. The highest BCUT2D eigenvalue weighted by molar-refractivity contribution is 6.00. The second-order valence-corrected chi connectivity index (χ2v) is 6.25. The van der Waals surface area contributed by atoms with Gasteiger partial charge in [0.1, 0.15) is 11.3 Å². The summed E-state index contributed by atoms with van der Waals surface area (Å²) in [5, 5.41) is 16.2. The zero-order chi connectivity index (χ0) is 19.7. The maximum atomic E-state index is 11.2. The average Bonchev–Trinajstić information content (AvgIpc) is 2.74. The van der Waals surface area contributed by atoms with E-state index in [9.17, 15) is 19.7 Å². The maximum Gasteiger partial charge on any atom is 0.269 e. The summed E-state index contributed by atoms with van der Waals surface area (Å²) in [6, 6.07) is 17.0. The monoisotopic (exact) mass is 374 g/mol. The van der Waals surface area contributed by atoms with E-state index in [0.29, 0.717) is 23.9 Å². The number of aldehydes is 2. The predicted molar refractivity (Wildman–Crippen MR) is 102 cm³/mol. The summed E-state index contributed by atoms with van der Waals surface area (Å²) in [6.07, 6.45) is 0.817. The molecule has 0 radical (unpaired) electrons. The van der Waals surface area contributed by atoms with Gasteiger partial charge in [0.05, 0.1) is 11.0 Å². The van der Waals surface area contributed by atoms with Crippen LogP contribution in [0, 0.1) is 10.1 Å². The van der Waals surface area contributed by atoms with Gasteiger partial charge in [0, 0.05) is 17.7 Å². The molecular formula is C21H14N2O5. The SMILES string of the molecule is O=CC(C=O)=C1N[C@H](c2cccc([N+](=O)[O-])c2)c2c(ccc3ccccc23)O1. The van der Waals surface area contributed by atoms with Gasteiger partial charge in [-0.05, 0) is 22.4 Å². The zero-order valence-electron chi connectivity index (χ0n) is 14.5. The van der Waals surface area contributed by atoms with Crippen molar-refractivity contribution in [1.82, 2.24) is 5.32 Å². The van der Waals surface area contributed by atoms with E-state index in [4.69, 9.17) is 4.74 Å². The maximum absolute atomic E-state index is 11.2. The van der Waals surface area contributed by atoms with Crippen molar-refractivity contribution in [2.24, 2.45) is 0 Å². The summed E-state index contributed by atoms with van der Waals surface area (Å²) in [5.74, 6) is 0.495. The summed E-state index contributed by atoms with van der Waals surface area (Å²) < 4.78 is 5.79. The number of carbonyl (C=O) groups is 2. The number of ether oxygens (including phenoxy) is 1. The Bertz CT molecular complexity index is 1140. The molecule has 28 heavy (non-hydrogen) atoms. The third-order valence-corrected chi connectivity index (χ3v) is 4.64. The number of rotatable bonds is 4. The molecule has 0 spiro atoms. The molecule has 138 valence electrons. The summed E-state index contributed by atoms with van der Waals surface area (Å²) in [7, 11) is 0. The Morgan fingerprint density at radius 3 is 2.57 bits per heavy atom. The van der Waals surface area contributed by atoms with Crippen molar-refractivity contribution in [2.45, 2.75) is 6.04 Å². The second kappa shape index (κ2) is 6.96. The second-order valence-electron chi connectivity index (χ2n) is 6.25. The zero-order valence-corrected chi connectivity index (χ0v) is 14.5. The first kappa shape index (κ1) is 17.4. The number of hydrogen-bond donors (Lipinski definition) is 1. The van der Waals surface area contributed by atoms with Gasteiger partial charge in [-0.15, -0.1) is 0 Å². The Morgan fingerprint density at radius 2 is 1.82 bits per heavy atom. The van der Waals surface area contributed by atoms with Crippen molar-refractivity contribution in [1.29, 1.82) is 0 Å². The summed E-state index contributed by atoms with van der Waals surface area (Å²) in [5.41, 5.74) is 1.17. The average molecular weight is 374 g/mol. The van der Waals surface area contributed by atoms with E-state index in [1.165, 1.54) is 12.1 Å². The van der Waals surface area contributed by atoms with Crippen LogP contribution in [0.2, 0.25) is 0 Å². The van der Waals surface area contributed by atoms with E-state index in [2.05, 4.69) is 5.32 Å². The topological polar surface area (TPSA) is 98.5 Å². The van der Waals surface area contributed by atoms with Crippen LogP contribution in [-0.2, 0) is 9.59 Å². The molecular weight excluding hydrogens is 360 g/mol. The van der Waals surface area contributed by atoms with Gasteiger partial charge in [-0.1, -0.05) is 42.5 Å². The van der Waals surface area contributed by atoms with Gasteiger partial charge in [-0.25, -0.2) is 0 Å². The number of non-ortho nitro benzene ring substituents is 1. The standard InChI is InChI=1S/C21H14N2O5/c24-11-15(12-25)21-22-20(14-5-3-6-16(10-14)23(26)27)19-17-7-2-1-4-13(17)8-9-18(19)28-21/h1-12,20,22H/t20-/m1/s1. The lowest BCUT2D eigenvalue weighted by Gasteiger charge is -2.31. The van der Waals surface area contributed by atoms with Crippen molar-refractivity contribution in [2.75, 3.05) is 0 Å². The largest absolute Gasteiger partial charge is 0.440 e. The quantitative estimate of drug-likeness (QED) is 0.188. The molecule has 3 aromatic rings. The van der Waals surface area contributed by atoms with Gasteiger partial charge >= 0.3 is 0 Å². The van der Waals surface area contributed by atoms with Crippen LogP contribution in [0.3, 0.4) is 0 Å². The van der Waals surface area contributed by atoms with E-state index in [-0.39, 0.29) is 17.1 Å². The number of allylic oxidation sites excluding steroid dienone is 1. The molecule has 0 fully saturated rings. The Labute approximate surface area is 159 Å². The molecule has 1 N–H and O–H groups in total. The minimum Gasteiger partial charge on any atom is -0.440 e. The van der Waals surface area contributed by atoms with Gasteiger partial charge in [-0.3, -0.25) is 19.7 Å². The minimum atomic E-state index is -0.542. The fourth-order valence-corrected chi connectivity index (χ4v) is 3.35. The molecule has 1 heterocycles. The molecule has 0 amide bonds. The molecule has 0 saturated carbocycles. The van der Waals surface area contributed by atoms with Gasteiger partial charge in [0.15, 0.2) is 12.6 Å². The number of nitro groups is 1. The third kappa shape index (κ3) is 2.88. The van der Waals surface area contributed by atoms with Crippen molar-refractivity contribution >= 4 is 29.0 Å². The molecule has 0 unspecified atom stereocenters. The molecule has 4 rings (SSSR count). The number of hydrogen-bond acceptors (Lipinski definition) is 6. The van der Waals surface area contributed by atoms with E-state index in [1.807, 2.05) is 30.3 Å². The predicted octanol–water partition coefficient (Wildman–Crippen LogP) is 3.43. The Hall–Kier alpha value is -4.00. The lowest BCUT2D eigenvalue weighted by atomic mass is 9.91. The highest BCUT2D eigenvalue weighted by atomic mass is 16.6. The fourth-order valence-electron chi connectivity index (χ4n) is 3.35. The van der Waals surface area contributed by atoms with Crippen LogP contribution in [0.15, 0.2) is 72.1 Å². The number of carbonyl (C=O) groups excluding carboxylic acids is 2. The lowest BCUT2D eigenvalue weighted by molar-refractivity contribution is -0.384. The van der Waals surface area contributed by atoms with Gasteiger partial charge in [0.25, 0.3) is 5.69 Å². The summed E-state index contributed by atoms with van der Waals surface area (Å²) in [6.45, 7) is 0. The minimum absolute atomic E-state index is 0.0179. The van der Waals surface area contributed by atoms with Crippen LogP contribution >= 0.6 is 0 Å². The van der Waals surface area contributed by atoms with Crippen molar-refractivity contribution < 1.29 is 19.2 Å². The molecule has 7 heteroatoms. The molecule has 1 aliphatic rings. The highest BCUT2D eigenvalue weighted by Gasteiger charge is 2.30. The first-order valence-electron chi connectivity index (χ1n) is 8.47. The highest BCUT2D eigenvalue weighted by Crippen LogP contribution is 2.41. The van der Waals surface area contributed by atoms with Gasteiger partial charge < -0.3 is 10.1 Å².